The van der Waals surface area contributed by atoms with Gasteiger partial charge in [-0.25, -0.2) is 9.37 Å². The lowest BCUT2D eigenvalue weighted by Gasteiger charge is -2.10. The summed E-state index contributed by atoms with van der Waals surface area (Å²) in [6.07, 6.45) is 0. The molecule has 0 radical (unpaired) electrons. The Bertz CT molecular complexity index is 599. The largest absolute Gasteiger partial charge is 0.481 e. The number of hydrogen-bond donors (Lipinski definition) is 1. The first-order valence-corrected chi connectivity index (χ1v) is 5.96. The molecule has 1 atom stereocenters. The van der Waals surface area contributed by atoms with E-state index in [1.165, 1.54) is 13.2 Å². The van der Waals surface area contributed by atoms with Gasteiger partial charge in [0.25, 0.3) is 0 Å². The predicted molar refractivity (Wildman–Crippen MR) is 71.3 cm³/mol. The number of aryl methyl sites for hydroxylation is 1. The van der Waals surface area contributed by atoms with Gasteiger partial charge in [-0.15, -0.1) is 0 Å². The Hall–Kier alpha value is -2.01. The Balaban J connectivity index is 2.54. The van der Waals surface area contributed by atoms with E-state index in [1.807, 2.05) is 0 Å². The van der Waals surface area contributed by atoms with Gasteiger partial charge < -0.3 is 10.5 Å². The van der Waals surface area contributed by atoms with Crippen molar-refractivity contribution in [2.45, 2.75) is 19.9 Å². The van der Waals surface area contributed by atoms with Gasteiger partial charge in [-0.1, -0.05) is 0 Å². The van der Waals surface area contributed by atoms with Crippen molar-refractivity contribution in [2.75, 3.05) is 7.11 Å². The highest BCUT2D eigenvalue weighted by Crippen LogP contribution is 2.24. The minimum atomic E-state index is -0.296. The van der Waals surface area contributed by atoms with E-state index in [2.05, 4.69) is 9.97 Å². The highest BCUT2D eigenvalue weighted by molar-refractivity contribution is 5.61. The van der Waals surface area contributed by atoms with Crippen LogP contribution in [0.2, 0.25) is 0 Å². The Kier molecular flexibility index (Phi) is 3.76. The molecule has 1 aromatic heterocycles. The number of hydrogen-bond acceptors (Lipinski definition) is 4. The third-order valence-electron chi connectivity index (χ3n) is 2.79. The molecule has 19 heavy (non-hydrogen) atoms. The number of ether oxygens (including phenoxy) is 1. The van der Waals surface area contributed by atoms with Gasteiger partial charge >= 0.3 is 0 Å². The summed E-state index contributed by atoms with van der Waals surface area (Å²) < 4.78 is 18.4. The zero-order chi connectivity index (χ0) is 14.0. The summed E-state index contributed by atoms with van der Waals surface area (Å²) in [5.74, 6) is 0.702. The summed E-state index contributed by atoms with van der Waals surface area (Å²) in [5.41, 5.74) is 7.84. The fraction of sp³-hybridized carbons (Fsp3) is 0.286. The van der Waals surface area contributed by atoms with Crippen LogP contribution in [-0.2, 0) is 0 Å². The topological polar surface area (TPSA) is 61.0 Å². The van der Waals surface area contributed by atoms with Crippen molar-refractivity contribution in [3.63, 3.8) is 0 Å². The average Bonchev–Trinajstić information content (AvgIpc) is 2.41. The zero-order valence-corrected chi connectivity index (χ0v) is 11.1. The number of nitrogens with zero attached hydrogens (tertiary/aromatic N) is 2. The van der Waals surface area contributed by atoms with Crippen LogP contribution in [0, 0.1) is 12.7 Å². The quantitative estimate of drug-likeness (QED) is 0.922. The second-order valence-electron chi connectivity index (χ2n) is 4.41. The number of nitrogens with two attached hydrogens (primary N) is 1. The molecule has 0 fully saturated rings. The second-order valence-corrected chi connectivity index (χ2v) is 4.41. The smallest absolute Gasteiger partial charge is 0.216 e. The molecular formula is C14H16FN3O. The van der Waals surface area contributed by atoms with Crippen molar-refractivity contribution in [3.05, 3.63) is 41.5 Å². The van der Waals surface area contributed by atoms with Crippen LogP contribution in [-0.4, -0.2) is 17.1 Å². The highest BCUT2D eigenvalue weighted by Gasteiger charge is 2.11. The van der Waals surface area contributed by atoms with Crippen LogP contribution >= 0.6 is 0 Å². The fourth-order valence-electron chi connectivity index (χ4n) is 1.70. The molecule has 100 valence electrons. The second kappa shape index (κ2) is 5.32. The highest BCUT2D eigenvalue weighted by atomic mass is 19.1. The van der Waals surface area contributed by atoms with Crippen LogP contribution in [0.4, 0.5) is 4.39 Å². The molecule has 0 aliphatic rings. The van der Waals surface area contributed by atoms with Gasteiger partial charge in [0.2, 0.25) is 5.88 Å². The lowest BCUT2D eigenvalue weighted by atomic mass is 10.1. The first-order valence-electron chi connectivity index (χ1n) is 5.96. The predicted octanol–water partition coefficient (Wildman–Crippen LogP) is 2.62. The van der Waals surface area contributed by atoms with Crippen LogP contribution in [0.5, 0.6) is 5.88 Å². The monoisotopic (exact) mass is 261 g/mol. The third-order valence-corrected chi connectivity index (χ3v) is 2.79. The van der Waals surface area contributed by atoms with Crippen LogP contribution < -0.4 is 10.5 Å². The molecule has 4 nitrogen and oxygen atoms in total. The average molecular weight is 261 g/mol. The van der Waals surface area contributed by atoms with Crippen LogP contribution in [0.25, 0.3) is 11.3 Å². The molecule has 1 heterocycles. The normalized spacial score (nSPS) is 12.3. The standard InChI is InChI=1S/C14H16FN3O/c1-8-6-10(4-5-11(8)15)12-7-13(19-3)18-14(17-12)9(2)16/h4-7,9H,16H2,1-3H3. The molecule has 0 amide bonds. The van der Waals surface area contributed by atoms with E-state index in [0.29, 0.717) is 23.0 Å². The third kappa shape index (κ3) is 2.88. The van der Waals surface area contributed by atoms with Gasteiger partial charge in [0.1, 0.15) is 11.6 Å². The van der Waals surface area contributed by atoms with Gasteiger partial charge in [0.15, 0.2) is 0 Å². The van der Waals surface area contributed by atoms with Gasteiger partial charge in [-0.2, -0.15) is 4.98 Å². The van der Waals surface area contributed by atoms with E-state index in [-0.39, 0.29) is 11.9 Å². The molecule has 1 aromatic carbocycles. The first-order chi connectivity index (χ1) is 9.01. The molecule has 0 saturated carbocycles. The maximum atomic E-state index is 13.3. The molecule has 5 heteroatoms. The number of halogens is 1. The van der Waals surface area contributed by atoms with Crippen molar-refractivity contribution in [1.82, 2.24) is 9.97 Å². The van der Waals surface area contributed by atoms with Crippen molar-refractivity contribution < 1.29 is 9.13 Å². The number of aromatic nitrogens is 2. The molecule has 1 unspecified atom stereocenters. The summed E-state index contributed by atoms with van der Waals surface area (Å²) in [6.45, 7) is 3.51. The number of benzene rings is 1. The molecular weight excluding hydrogens is 245 g/mol. The van der Waals surface area contributed by atoms with Crippen molar-refractivity contribution in [2.24, 2.45) is 5.73 Å². The Morgan fingerprint density at radius 2 is 2.00 bits per heavy atom. The van der Waals surface area contributed by atoms with E-state index in [9.17, 15) is 4.39 Å². The maximum Gasteiger partial charge on any atom is 0.216 e. The van der Waals surface area contributed by atoms with Crippen LogP contribution in [0.1, 0.15) is 24.4 Å². The van der Waals surface area contributed by atoms with E-state index in [4.69, 9.17) is 10.5 Å². The maximum absolute atomic E-state index is 13.3. The van der Waals surface area contributed by atoms with Gasteiger partial charge in [0.05, 0.1) is 18.8 Å². The van der Waals surface area contributed by atoms with Gasteiger partial charge in [0, 0.05) is 11.6 Å². The molecule has 2 aromatic rings. The minimum absolute atomic E-state index is 0.239. The van der Waals surface area contributed by atoms with Crippen LogP contribution in [0.15, 0.2) is 24.3 Å². The summed E-state index contributed by atoms with van der Waals surface area (Å²) in [4.78, 5) is 8.57. The molecule has 0 spiro atoms. The van der Waals surface area contributed by atoms with Gasteiger partial charge in [-0.05, 0) is 37.6 Å². The van der Waals surface area contributed by atoms with Crippen molar-refractivity contribution in [1.29, 1.82) is 0 Å². The molecule has 0 aliphatic carbocycles. The minimum Gasteiger partial charge on any atom is -0.481 e. The molecule has 2 N–H and O–H groups in total. The van der Waals surface area contributed by atoms with Crippen molar-refractivity contribution >= 4 is 0 Å². The number of rotatable bonds is 3. The van der Waals surface area contributed by atoms with E-state index in [1.54, 1.807) is 32.0 Å². The summed E-state index contributed by atoms with van der Waals surface area (Å²) in [7, 11) is 1.53. The summed E-state index contributed by atoms with van der Waals surface area (Å²) in [5, 5.41) is 0. The SMILES string of the molecule is COc1cc(-c2ccc(F)c(C)c2)nc(C(C)N)n1. The summed E-state index contributed by atoms with van der Waals surface area (Å²) in [6, 6.07) is 6.25. The molecule has 0 bridgehead atoms. The summed E-state index contributed by atoms with van der Waals surface area (Å²) >= 11 is 0. The molecule has 0 saturated heterocycles. The molecule has 2 rings (SSSR count). The Morgan fingerprint density at radius 1 is 1.26 bits per heavy atom. The van der Waals surface area contributed by atoms with Crippen LogP contribution in [0.3, 0.4) is 0 Å². The zero-order valence-electron chi connectivity index (χ0n) is 11.1. The first kappa shape index (κ1) is 13.4. The van der Waals surface area contributed by atoms with Crippen molar-refractivity contribution in [3.8, 4) is 17.1 Å². The number of methoxy groups -OCH3 is 1. The van der Waals surface area contributed by atoms with E-state index >= 15 is 0 Å². The Labute approximate surface area is 111 Å². The fourth-order valence-corrected chi connectivity index (χ4v) is 1.70. The lowest BCUT2D eigenvalue weighted by molar-refractivity contribution is 0.394. The van der Waals surface area contributed by atoms with E-state index in [0.717, 1.165) is 5.56 Å². The van der Waals surface area contributed by atoms with E-state index < -0.39 is 0 Å². The van der Waals surface area contributed by atoms with Gasteiger partial charge in [-0.3, -0.25) is 0 Å². The molecule has 0 aliphatic heterocycles. The lowest BCUT2D eigenvalue weighted by Crippen LogP contribution is -2.11. The Morgan fingerprint density at radius 3 is 2.58 bits per heavy atom.